The summed E-state index contributed by atoms with van der Waals surface area (Å²) in [5.41, 5.74) is 0. The Kier molecular flexibility index (Phi) is 3.24. The molecule has 0 aromatic heterocycles. The van der Waals surface area contributed by atoms with Crippen LogP contribution in [0.2, 0.25) is 0 Å². The Morgan fingerprint density at radius 1 is 0.944 bits per heavy atom. The molecule has 2 amide bonds. The average molecular weight is 252 g/mol. The molecule has 0 spiro atoms. The number of morpholine rings is 1. The number of amides is 2. The van der Waals surface area contributed by atoms with Gasteiger partial charge in [0.2, 0.25) is 11.8 Å². The van der Waals surface area contributed by atoms with E-state index in [2.05, 4.69) is 0 Å². The van der Waals surface area contributed by atoms with Crippen LogP contribution in [0.15, 0.2) is 0 Å². The first kappa shape index (κ1) is 12.0. The average Bonchev–Trinajstić information content (AvgIpc) is 3.15. The molecule has 1 unspecified atom stereocenters. The zero-order chi connectivity index (χ0) is 12.5. The van der Waals surface area contributed by atoms with Gasteiger partial charge in [-0.3, -0.25) is 9.59 Å². The Hall–Kier alpha value is -1.10. The molecule has 0 N–H and O–H groups in total. The van der Waals surface area contributed by atoms with Crippen molar-refractivity contribution in [2.45, 2.75) is 31.7 Å². The minimum absolute atomic E-state index is 0.129. The van der Waals surface area contributed by atoms with Gasteiger partial charge in [-0.1, -0.05) is 0 Å². The van der Waals surface area contributed by atoms with Crippen molar-refractivity contribution in [2.24, 2.45) is 5.92 Å². The van der Waals surface area contributed by atoms with E-state index in [1.807, 2.05) is 9.80 Å². The second-order valence-electron chi connectivity index (χ2n) is 5.40. The van der Waals surface area contributed by atoms with Crippen molar-refractivity contribution in [2.75, 3.05) is 32.8 Å². The minimum atomic E-state index is -0.198. The molecule has 3 fully saturated rings. The molecule has 2 aliphatic heterocycles. The summed E-state index contributed by atoms with van der Waals surface area (Å²) < 4.78 is 5.26. The van der Waals surface area contributed by atoms with Crippen LogP contribution >= 0.6 is 0 Å². The first-order valence-corrected chi connectivity index (χ1v) is 6.94. The third-order valence-corrected chi connectivity index (χ3v) is 4.07. The van der Waals surface area contributed by atoms with E-state index in [4.69, 9.17) is 4.74 Å². The molecule has 2 heterocycles. The number of ether oxygens (including phenoxy) is 1. The first-order chi connectivity index (χ1) is 8.77. The van der Waals surface area contributed by atoms with Gasteiger partial charge >= 0.3 is 0 Å². The highest BCUT2D eigenvalue weighted by atomic mass is 16.5. The summed E-state index contributed by atoms with van der Waals surface area (Å²) in [4.78, 5) is 28.3. The molecule has 0 aromatic rings. The summed E-state index contributed by atoms with van der Waals surface area (Å²) >= 11 is 0. The zero-order valence-electron chi connectivity index (χ0n) is 10.6. The van der Waals surface area contributed by atoms with Gasteiger partial charge in [0.05, 0.1) is 13.2 Å². The predicted octanol–water partition coefficient (Wildman–Crippen LogP) is 0.246. The quantitative estimate of drug-likeness (QED) is 0.707. The van der Waals surface area contributed by atoms with Gasteiger partial charge in [0.15, 0.2) is 0 Å². The van der Waals surface area contributed by atoms with E-state index in [0.29, 0.717) is 26.3 Å². The second kappa shape index (κ2) is 4.88. The lowest BCUT2D eigenvalue weighted by Crippen LogP contribution is -2.51. The van der Waals surface area contributed by atoms with Crippen LogP contribution in [0.4, 0.5) is 0 Å². The summed E-state index contributed by atoms with van der Waals surface area (Å²) in [6, 6.07) is -0.198. The van der Waals surface area contributed by atoms with Gasteiger partial charge in [-0.15, -0.1) is 0 Å². The van der Waals surface area contributed by atoms with Crippen molar-refractivity contribution in [1.82, 2.24) is 9.80 Å². The molecular weight excluding hydrogens is 232 g/mol. The number of hydrogen-bond donors (Lipinski definition) is 0. The molecule has 0 radical (unpaired) electrons. The van der Waals surface area contributed by atoms with Crippen LogP contribution in [0, 0.1) is 5.92 Å². The Morgan fingerprint density at radius 3 is 2.33 bits per heavy atom. The third kappa shape index (κ3) is 2.23. The second-order valence-corrected chi connectivity index (χ2v) is 5.40. The van der Waals surface area contributed by atoms with Gasteiger partial charge in [-0.25, -0.2) is 0 Å². The summed E-state index contributed by atoms with van der Waals surface area (Å²) in [6.07, 6.45) is 3.80. The molecule has 0 aromatic carbocycles. The lowest BCUT2D eigenvalue weighted by molar-refractivity contribution is -0.147. The molecule has 3 rings (SSSR count). The first-order valence-electron chi connectivity index (χ1n) is 6.94. The fourth-order valence-electron chi connectivity index (χ4n) is 2.85. The minimum Gasteiger partial charge on any atom is -0.378 e. The Morgan fingerprint density at radius 2 is 1.67 bits per heavy atom. The monoisotopic (exact) mass is 252 g/mol. The van der Waals surface area contributed by atoms with E-state index >= 15 is 0 Å². The molecule has 1 atom stereocenters. The predicted molar refractivity (Wildman–Crippen MR) is 64.9 cm³/mol. The van der Waals surface area contributed by atoms with Crippen LogP contribution in [0.5, 0.6) is 0 Å². The van der Waals surface area contributed by atoms with E-state index in [0.717, 1.165) is 32.2 Å². The number of nitrogens with zero attached hydrogens (tertiary/aromatic N) is 2. The lowest BCUT2D eigenvalue weighted by atomic mass is 10.1. The van der Waals surface area contributed by atoms with Crippen LogP contribution in [0.1, 0.15) is 25.7 Å². The molecule has 2 saturated heterocycles. The maximum atomic E-state index is 12.4. The highest BCUT2D eigenvalue weighted by Crippen LogP contribution is 2.34. The van der Waals surface area contributed by atoms with Gasteiger partial charge < -0.3 is 14.5 Å². The van der Waals surface area contributed by atoms with Crippen molar-refractivity contribution in [1.29, 1.82) is 0 Å². The highest BCUT2D eigenvalue weighted by molar-refractivity contribution is 5.90. The zero-order valence-corrected chi connectivity index (χ0v) is 10.6. The van der Waals surface area contributed by atoms with Crippen LogP contribution in [0.25, 0.3) is 0 Å². The normalized spacial score (nSPS) is 28.6. The molecule has 3 aliphatic rings. The molecule has 18 heavy (non-hydrogen) atoms. The molecule has 5 heteroatoms. The fraction of sp³-hybridized carbons (Fsp3) is 0.846. The number of rotatable bonds is 2. The van der Waals surface area contributed by atoms with Crippen molar-refractivity contribution < 1.29 is 14.3 Å². The van der Waals surface area contributed by atoms with E-state index < -0.39 is 0 Å². The standard InChI is InChI=1S/C13H20N2O3/c16-12(10-3-4-10)15-5-1-2-11(15)13(17)14-6-8-18-9-7-14/h10-11H,1-9H2. The van der Waals surface area contributed by atoms with Crippen molar-refractivity contribution >= 4 is 11.8 Å². The van der Waals surface area contributed by atoms with Crippen LogP contribution < -0.4 is 0 Å². The third-order valence-electron chi connectivity index (χ3n) is 4.07. The maximum absolute atomic E-state index is 12.4. The summed E-state index contributed by atoms with van der Waals surface area (Å²) in [7, 11) is 0. The number of hydrogen-bond acceptors (Lipinski definition) is 3. The lowest BCUT2D eigenvalue weighted by Gasteiger charge is -2.32. The van der Waals surface area contributed by atoms with E-state index in [-0.39, 0.29) is 23.8 Å². The fourth-order valence-corrected chi connectivity index (χ4v) is 2.85. The van der Waals surface area contributed by atoms with Gasteiger partial charge in [-0.2, -0.15) is 0 Å². The van der Waals surface area contributed by atoms with Crippen molar-refractivity contribution in [3.05, 3.63) is 0 Å². The van der Waals surface area contributed by atoms with Gasteiger partial charge in [0.25, 0.3) is 0 Å². The molecule has 100 valence electrons. The van der Waals surface area contributed by atoms with Crippen molar-refractivity contribution in [3.8, 4) is 0 Å². The van der Waals surface area contributed by atoms with Crippen LogP contribution in [-0.4, -0.2) is 60.5 Å². The van der Waals surface area contributed by atoms with Crippen molar-refractivity contribution in [3.63, 3.8) is 0 Å². The number of likely N-dealkylation sites (tertiary alicyclic amines) is 1. The van der Waals surface area contributed by atoms with E-state index in [9.17, 15) is 9.59 Å². The summed E-state index contributed by atoms with van der Waals surface area (Å²) in [5, 5.41) is 0. The topological polar surface area (TPSA) is 49.9 Å². The molecular formula is C13H20N2O3. The smallest absolute Gasteiger partial charge is 0.245 e. The van der Waals surface area contributed by atoms with Gasteiger partial charge in [-0.05, 0) is 25.7 Å². The van der Waals surface area contributed by atoms with Gasteiger partial charge in [0, 0.05) is 25.6 Å². The number of carbonyl (C=O) groups is 2. The SMILES string of the molecule is O=C(C1CCCN1C(=O)C1CC1)N1CCOCC1. The summed E-state index contributed by atoms with van der Waals surface area (Å²) in [6.45, 7) is 3.34. The molecule has 1 aliphatic carbocycles. The van der Waals surface area contributed by atoms with E-state index in [1.165, 1.54) is 0 Å². The van der Waals surface area contributed by atoms with Gasteiger partial charge in [0.1, 0.15) is 6.04 Å². The Bertz CT molecular complexity index is 348. The maximum Gasteiger partial charge on any atom is 0.245 e. The Balaban J connectivity index is 1.65. The molecule has 0 bridgehead atoms. The Labute approximate surface area is 107 Å². The number of carbonyl (C=O) groups excluding carboxylic acids is 2. The highest BCUT2D eigenvalue weighted by Gasteiger charge is 2.42. The van der Waals surface area contributed by atoms with E-state index in [1.54, 1.807) is 0 Å². The molecule has 1 saturated carbocycles. The summed E-state index contributed by atoms with van der Waals surface area (Å²) in [5.74, 6) is 0.548. The largest absolute Gasteiger partial charge is 0.378 e. The van der Waals surface area contributed by atoms with Crippen LogP contribution in [-0.2, 0) is 14.3 Å². The molecule has 5 nitrogen and oxygen atoms in total. The van der Waals surface area contributed by atoms with Crippen LogP contribution in [0.3, 0.4) is 0 Å².